The number of carbonyl (C=O) groups is 1. The van der Waals surface area contributed by atoms with Crippen molar-refractivity contribution in [3.8, 4) is 0 Å². The third-order valence-corrected chi connectivity index (χ3v) is 2.12. The standard InChI is InChI=1S/C8H15NO3/c1-5(2)6-4-12-7(3-9-6)8(10)11/h5-7,9H,3-4H2,1-2H3,(H,10,11). The highest BCUT2D eigenvalue weighted by Crippen LogP contribution is 2.08. The van der Waals surface area contributed by atoms with E-state index in [0.717, 1.165) is 0 Å². The van der Waals surface area contributed by atoms with E-state index in [9.17, 15) is 4.79 Å². The SMILES string of the molecule is CC(C)C1COC(C(=O)O)CN1. The number of hydrogen-bond acceptors (Lipinski definition) is 3. The largest absolute Gasteiger partial charge is 0.479 e. The lowest BCUT2D eigenvalue weighted by Crippen LogP contribution is -2.51. The second-order valence-electron chi connectivity index (χ2n) is 3.42. The van der Waals surface area contributed by atoms with Crippen LogP contribution in [-0.2, 0) is 9.53 Å². The molecule has 4 heteroatoms. The molecule has 0 amide bonds. The zero-order valence-corrected chi connectivity index (χ0v) is 7.41. The highest BCUT2D eigenvalue weighted by atomic mass is 16.5. The van der Waals surface area contributed by atoms with Crippen molar-refractivity contribution in [2.75, 3.05) is 13.2 Å². The van der Waals surface area contributed by atoms with Crippen molar-refractivity contribution in [1.29, 1.82) is 0 Å². The van der Waals surface area contributed by atoms with Crippen LogP contribution in [-0.4, -0.2) is 36.4 Å². The third-order valence-electron chi connectivity index (χ3n) is 2.12. The van der Waals surface area contributed by atoms with Crippen LogP contribution in [0.3, 0.4) is 0 Å². The molecular weight excluding hydrogens is 158 g/mol. The van der Waals surface area contributed by atoms with E-state index in [1.807, 2.05) is 0 Å². The predicted molar refractivity (Wildman–Crippen MR) is 44.0 cm³/mol. The summed E-state index contributed by atoms with van der Waals surface area (Å²) in [5.41, 5.74) is 0. The third kappa shape index (κ3) is 2.19. The summed E-state index contributed by atoms with van der Waals surface area (Å²) in [6.07, 6.45) is -0.667. The van der Waals surface area contributed by atoms with Gasteiger partial charge in [-0.1, -0.05) is 13.8 Å². The highest BCUT2D eigenvalue weighted by Gasteiger charge is 2.27. The normalized spacial score (nSPS) is 30.6. The zero-order chi connectivity index (χ0) is 9.14. The van der Waals surface area contributed by atoms with Gasteiger partial charge in [0, 0.05) is 12.6 Å². The smallest absolute Gasteiger partial charge is 0.334 e. The summed E-state index contributed by atoms with van der Waals surface area (Å²) >= 11 is 0. The number of nitrogens with one attached hydrogen (secondary N) is 1. The van der Waals surface area contributed by atoms with E-state index in [4.69, 9.17) is 9.84 Å². The minimum Gasteiger partial charge on any atom is -0.479 e. The first-order valence-corrected chi connectivity index (χ1v) is 4.19. The van der Waals surface area contributed by atoms with Gasteiger partial charge in [0.15, 0.2) is 6.10 Å². The number of morpholine rings is 1. The molecule has 0 aromatic heterocycles. The van der Waals surface area contributed by atoms with Crippen molar-refractivity contribution in [2.45, 2.75) is 26.0 Å². The fourth-order valence-corrected chi connectivity index (χ4v) is 1.18. The molecule has 0 aliphatic carbocycles. The van der Waals surface area contributed by atoms with Crippen molar-refractivity contribution < 1.29 is 14.6 Å². The van der Waals surface area contributed by atoms with Gasteiger partial charge in [0.2, 0.25) is 0 Å². The summed E-state index contributed by atoms with van der Waals surface area (Å²) in [7, 11) is 0. The van der Waals surface area contributed by atoms with E-state index >= 15 is 0 Å². The molecule has 0 bridgehead atoms. The topological polar surface area (TPSA) is 58.6 Å². The van der Waals surface area contributed by atoms with Crippen LogP contribution in [0.25, 0.3) is 0 Å². The van der Waals surface area contributed by atoms with Crippen LogP contribution in [0.2, 0.25) is 0 Å². The molecular formula is C8H15NO3. The van der Waals surface area contributed by atoms with E-state index in [0.29, 0.717) is 25.1 Å². The Morgan fingerprint density at radius 1 is 1.67 bits per heavy atom. The average Bonchev–Trinajstić information content (AvgIpc) is 2.04. The molecule has 12 heavy (non-hydrogen) atoms. The predicted octanol–water partition coefficient (Wildman–Crippen LogP) is 0.0840. The summed E-state index contributed by atoms with van der Waals surface area (Å²) in [5, 5.41) is 11.7. The van der Waals surface area contributed by atoms with Crippen molar-refractivity contribution in [3.63, 3.8) is 0 Å². The molecule has 0 aromatic rings. The Bertz CT molecular complexity index is 162. The molecule has 2 unspecified atom stereocenters. The van der Waals surface area contributed by atoms with Crippen molar-refractivity contribution >= 4 is 5.97 Å². The monoisotopic (exact) mass is 173 g/mol. The maximum absolute atomic E-state index is 10.5. The van der Waals surface area contributed by atoms with Crippen molar-refractivity contribution in [2.24, 2.45) is 5.92 Å². The number of hydrogen-bond donors (Lipinski definition) is 2. The van der Waals surface area contributed by atoms with Crippen LogP contribution in [0.15, 0.2) is 0 Å². The van der Waals surface area contributed by atoms with E-state index in [1.165, 1.54) is 0 Å². The first kappa shape index (κ1) is 9.48. The number of carboxylic acid groups (broad SMARTS) is 1. The number of aliphatic carboxylic acids is 1. The Labute approximate surface area is 71.9 Å². The van der Waals surface area contributed by atoms with E-state index in [-0.39, 0.29) is 0 Å². The molecule has 1 saturated heterocycles. The van der Waals surface area contributed by atoms with Crippen LogP contribution < -0.4 is 5.32 Å². The van der Waals surface area contributed by atoms with Crippen LogP contribution in [0, 0.1) is 5.92 Å². The minimum absolute atomic E-state index is 0.292. The molecule has 70 valence electrons. The Morgan fingerprint density at radius 3 is 2.67 bits per heavy atom. The summed E-state index contributed by atoms with van der Waals surface area (Å²) in [6.45, 7) is 5.08. The molecule has 1 heterocycles. The van der Waals surface area contributed by atoms with E-state index in [2.05, 4.69) is 19.2 Å². The van der Waals surface area contributed by atoms with Gasteiger partial charge in [-0.2, -0.15) is 0 Å². The van der Waals surface area contributed by atoms with Crippen molar-refractivity contribution in [3.05, 3.63) is 0 Å². The lowest BCUT2D eigenvalue weighted by molar-refractivity contribution is -0.153. The fraction of sp³-hybridized carbons (Fsp3) is 0.875. The molecule has 2 atom stereocenters. The van der Waals surface area contributed by atoms with Gasteiger partial charge < -0.3 is 15.2 Å². The van der Waals surface area contributed by atoms with Gasteiger partial charge in [0.25, 0.3) is 0 Å². The fourth-order valence-electron chi connectivity index (χ4n) is 1.18. The molecule has 0 saturated carbocycles. The Kier molecular flexibility index (Phi) is 3.05. The van der Waals surface area contributed by atoms with Gasteiger partial charge in [0.05, 0.1) is 6.61 Å². The second kappa shape index (κ2) is 3.87. The van der Waals surface area contributed by atoms with Gasteiger partial charge in [-0.25, -0.2) is 4.79 Å². The van der Waals surface area contributed by atoms with E-state index in [1.54, 1.807) is 0 Å². The van der Waals surface area contributed by atoms with Gasteiger partial charge in [-0.15, -0.1) is 0 Å². The van der Waals surface area contributed by atoms with Gasteiger partial charge >= 0.3 is 5.97 Å². The lowest BCUT2D eigenvalue weighted by Gasteiger charge is -2.30. The van der Waals surface area contributed by atoms with E-state index < -0.39 is 12.1 Å². The summed E-state index contributed by atoms with van der Waals surface area (Å²) in [6, 6.07) is 0.292. The highest BCUT2D eigenvalue weighted by molar-refractivity contribution is 5.72. The minimum atomic E-state index is -0.885. The van der Waals surface area contributed by atoms with Crippen LogP contribution >= 0.6 is 0 Å². The lowest BCUT2D eigenvalue weighted by atomic mass is 10.0. The summed E-state index contributed by atoms with van der Waals surface area (Å²) in [5.74, 6) is -0.399. The zero-order valence-electron chi connectivity index (χ0n) is 7.41. The summed E-state index contributed by atoms with van der Waals surface area (Å²) in [4.78, 5) is 10.5. The first-order valence-electron chi connectivity index (χ1n) is 4.19. The first-order chi connectivity index (χ1) is 5.61. The van der Waals surface area contributed by atoms with Crippen molar-refractivity contribution in [1.82, 2.24) is 5.32 Å². The Morgan fingerprint density at radius 2 is 2.33 bits per heavy atom. The second-order valence-corrected chi connectivity index (χ2v) is 3.42. The Balaban J connectivity index is 2.34. The molecule has 1 rings (SSSR count). The summed E-state index contributed by atoms with van der Waals surface area (Å²) < 4.78 is 5.15. The van der Waals surface area contributed by atoms with Crippen LogP contribution in [0.4, 0.5) is 0 Å². The maximum atomic E-state index is 10.5. The molecule has 1 aliphatic rings. The number of carboxylic acids is 1. The van der Waals surface area contributed by atoms with Gasteiger partial charge in [-0.3, -0.25) is 0 Å². The quantitative estimate of drug-likeness (QED) is 0.621. The maximum Gasteiger partial charge on any atom is 0.334 e. The molecule has 0 radical (unpaired) electrons. The average molecular weight is 173 g/mol. The molecule has 1 fully saturated rings. The van der Waals surface area contributed by atoms with Gasteiger partial charge in [0.1, 0.15) is 0 Å². The molecule has 4 nitrogen and oxygen atoms in total. The van der Waals surface area contributed by atoms with Crippen LogP contribution in [0.5, 0.6) is 0 Å². The molecule has 0 aromatic carbocycles. The van der Waals surface area contributed by atoms with Crippen LogP contribution in [0.1, 0.15) is 13.8 Å². The Hall–Kier alpha value is -0.610. The number of ether oxygens (including phenoxy) is 1. The number of rotatable bonds is 2. The molecule has 2 N–H and O–H groups in total. The molecule has 0 spiro atoms. The van der Waals surface area contributed by atoms with Gasteiger partial charge in [-0.05, 0) is 5.92 Å². The molecule has 1 aliphatic heterocycles.